The number of alkyl halides is 3. The van der Waals surface area contributed by atoms with Crippen LogP contribution in [0.1, 0.15) is 11.1 Å². The zero-order valence-corrected chi connectivity index (χ0v) is 10.9. The van der Waals surface area contributed by atoms with Gasteiger partial charge in [-0.3, -0.25) is 0 Å². The predicted octanol–water partition coefficient (Wildman–Crippen LogP) is 4.48. The van der Waals surface area contributed by atoms with Crippen molar-refractivity contribution >= 4 is 11.4 Å². The van der Waals surface area contributed by atoms with Crippen LogP contribution in [0.3, 0.4) is 0 Å². The molecule has 0 saturated heterocycles. The highest BCUT2D eigenvalue weighted by Crippen LogP contribution is 2.34. The average molecular weight is 294 g/mol. The van der Waals surface area contributed by atoms with Crippen molar-refractivity contribution in [2.75, 3.05) is 11.9 Å². The molecule has 0 unspecified atom stereocenters. The molecule has 2 rings (SSSR count). The van der Waals surface area contributed by atoms with Gasteiger partial charge in [0.2, 0.25) is 0 Å². The van der Waals surface area contributed by atoms with Gasteiger partial charge in [0.15, 0.2) is 0 Å². The molecule has 0 bridgehead atoms. The van der Waals surface area contributed by atoms with Crippen molar-refractivity contribution in [2.24, 2.45) is 0 Å². The fraction of sp³-hybridized carbons (Fsp3) is 0.133. The Balaban J connectivity index is 2.44. The number of benzene rings is 2. The minimum Gasteiger partial charge on any atom is -0.345 e. The first-order valence-electron chi connectivity index (χ1n) is 5.93. The molecule has 0 heterocycles. The molecule has 0 aliphatic heterocycles. The molecule has 2 aromatic carbocycles. The van der Waals surface area contributed by atoms with Gasteiger partial charge < -0.3 is 4.90 Å². The summed E-state index contributed by atoms with van der Waals surface area (Å²) in [6.45, 7) is 0. The maximum Gasteiger partial charge on any atom is 0.417 e. The monoisotopic (exact) mass is 294 g/mol. The van der Waals surface area contributed by atoms with Crippen LogP contribution in [0.4, 0.5) is 28.9 Å². The summed E-state index contributed by atoms with van der Waals surface area (Å²) >= 11 is 0. The first kappa shape index (κ1) is 14.9. The number of hydrogen-bond acceptors (Lipinski definition) is 2. The SMILES string of the molecule is CN(c1cccc(F)c1)c1ccc(C(F)(F)F)c(C#N)c1. The van der Waals surface area contributed by atoms with E-state index in [2.05, 4.69) is 0 Å². The molecule has 21 heavy (non-hydrogen) atoms. The van der Waals surface area contributed by atoms with Gasteiger partial charge in [-0.15, -0.1) is 0 Å². The Morgan fingerprint density at radius 1 is 1.05 bits per heavy atom. The molecule has 2 nitrogen and oxygen atoms in total. The van der Waals surface area contributed by atoms with Gasteiger partial charge in [0, 0.05) is 18.4 Å². The average Bonchev–Trinajstić information content (AvgIpc) is 2.44. The number of nitriles is 1. The Bertz CT molecular complexity index is 702. The highest BCUT2D eigenvalue weighted by atomic mass is 19.4. The third-order valence-electron chi connectivity index (χ3n) is 3.01. The van der Waals surface area contributed by atoms with Gasteiger partial charge in [-0.25, -0.2) is 4.39 Å². The minimum atomic E-state index is -4.58. The lowest BCUT2D eigenvalue weighted by Gasteiger charge is -2.20. The fourth-order valence-electron chi connectivity index (χ4n) is 1.91. The Labute approximate surface area is 118 Å². The highest BCUT2D eigenvalue weighted by molar-refractivity contribution is 5.65. The van der Waals surface area contributed by atoms with E-state index in [1.807, 2.05) is 0 Å². The number of rotatable bonds is 2. The predicted molar refractivity (Wildman–Crippen MR) is 70.6 cm³/mol. The van der Waals surface area contributed by atoms with Gasteiger partial charge in [-0.1, -0.05) is 6.07 Å². The number of nitrogens with zero attached hydrogens (tertiary/aromatic N) is 2. The van der Waals surface area contributed by atoms with Crippen molar-refractivity contribution in [3.8, 4) is 6.07 Å². The second-order valence-electron chi connectivity index (χ2n) is 4.38. The van der Waals surface area contributed by atoms with E-state index >= 15 is 0 Å². The smallest absolute Gasteiger partial charge is 0.345 e. The maximum atomic E-state index is 13.2. The number of halogens is 4. The number of anilines is 2. The van der Waals surface area contributed by atoms with Gasteiger partial charge in [-0.2, -0.15) is 18.4 Å². The van der Waals surface area contributed by atoms with Crippen LogP contribution >= 0.6 is 0 Å². The van der Waals surface area contributed by atoms with Gasteiger partial charge in [-0.05, 0) is 36.4 Å². The quantitative estimate of drug-likeness (QED) is 0.763. The van der Waals surface area contributed by atoms with Crippen molar-refractivity contribution in [1.82, 2.24) is 0 Å². The third kappa shape index (κ3) is 3.14. The van der Waals surface area contributed by atoms with Gasteiger partial charge in [0.25, 0.3) is 0 Å². The van der Waals surface area contributed by atoms with E-state index in [1.165, 1.54) is 35.2 Å². The Hall–Kier alpha value is -2.55. The van der Waals surface area contributed by atoms with Crippen LogP contribution in [0.25, 0.3) is 0 Å². The Morgan fingerprint density at radius 2 is 1.71 bits per heavy atom. The van der Waals surface area contributed by atoms with Crippen LogP contribution < -0.4 is 4.90 Å². The van der Waals surface area contributed by atoms with Crippen molar-refractivity contribution in [2.45, 2.75) is 6.18 Å². The molecule has 0 saturated carbocycles. The second-order valence-corrected chi connectivity index (χ2v) is 4.38. The lowest BCUT2D eigenvalue weighted by Crippen LogP contribution is -2.12. The van der Waals surface area contributed by atoms with Crippen molar-refractivity contribution < 1.29 is 17.6 Å². The Morgan fingerprint density at radius 3 is 2.29 bits per heavy atom. The van der Waals surface area contributed by atoms with Crippen LogP contribution in [0.2, 0.25) is 0 Å². The molecule has 0 fully saturated rings. The number of hydrogen-bond donors (Lipinski definition) is 0. The molecule has 0 radical (unpaired) electrons. The van der Waals surface area contributed by atoms with Gasteiger partial charge >= 0.3 is 6.18 Å². The van der Waals surface area contributed by atoms with E-state index in [0.29, 0.717) is 11.4 Å². The summed E-state index contributed by atoms with van der Waals surface area (Å²) in [6, 6.07) is 10.4. The second kappa shape index (κ2) is 5.44. The molecule has 0 aliphatic rings. The molecular formula is C15H10F4N2. The van der Waals surface area contributed by atoms with E-state index in [4.69, 9.17) is 5.26 Å². The first-order valence-corrected chi connectivity index (χ1v) is 5.93. The molecular weight excluding hydrogens is 284 g/mol. The third-order valence-corrected chi connectivity index (χ3v) is 3.01. The molecule has 0 aromatic heterocycles. The molecule has 0 aliphatic carbocycles. The molecule has 0 amide bonds. The molecule has 0 atom stereocenters. The van der Waals surface area contributed by atoms with E-state index in [0.717, 1.165) is 12.1 Å². The lowest BCUT2D eigenvalue weighted by atomic mass is 10.1. The Kier molecular flexibility index (Phi) is 3.85. The largest absolute Gasteiger partial charge is 0.417 e. The summed E-state index contributed by atoms with van der Waals surface area (Å²) < 4.78 is 51.4. The summed E-state index contributed by atoms with van der Waals surface area (Å²) in [5.41, 5.74) is -0.617. The van der Waals surface area contributed by atoms with Crippen LogP contribution in [-0.4, -0.2) is 7.05 Å². The van der Waals surface area contributed by atoms with E-state index in [-0.39, 0.29) is 0 Å². The lowest BCUT2D eigenvalue weighted by molar-refractivity contribution is -0.137. The first-order chi connectivity index (χ1) is 9.82. The minimum absolute atomic E-state index is 0.366. The van der Waals surface area contributed by atoms with Crippen LogP contribution in [0.5, 0.6) is 0 Å². The van der Waals surface area contributed by atoms with Gasteiger partial charge in [0.1, 0.15) is 5.82 Å². The summed E-state index contributed by atoms with van der Waals surface area (Å²) in [7, 11) is 1.58. The zero-order valence-electron chi connectivity index (χ0n) is 10.9. The van der Waals surface area contributed by atoms with Crippen molar-refractivity contribution in [1.29, 1.82) is 5.26 Å². The van der Waals surface area contributed by atoms with E-state index < -0.39 is 23.1 Å². The van der Waals surface area contributed by atoms with E-state index in [9.17, 15) is 17.6 Å². The van der Waals surface area contributed by atoms with Crippen LogP contribution in [0.15, 0.2) is 42.5 Å². The topological polar surface area (TPSA) is 27.0 Å². The highest BCUT2D eigenvalue weighted by Gasteiger charge is 2.33. The molecule has 6 heteroatoms. The summed E-state index contributed by atoms with van der Waals surface area (Å²) in [5, 5.41) is 8.87. The zero-order chi connectivity index (χ0) is 15.6. The summed E-state index contributed by atoms with van der Waals surface area (Å²) in [4.78, 5) is 1.50. The van der Waals surface area contributed by atoms with Crippen LogP contribution in [-0.2, 0) is 6.18 Å². The standard InChI is InChI=1S/C15H10F4N2/c1-21(12-4-2-3-11(16)8-12)13-5-6-14(15(17,18)19)10(7-13)9-20/h2-8H,1H3. The summed E-state index contributed by atoms with van der Waals surface area (Å²) in [6.07, 6.45) is -4.58. The summed E-state index contributed by atoms with van der Waals surface area (Å²) in [5.74, 6) is -0.452. The normalized spacial score (nSPS) is 11.0. The van der Waals surface area contributed by atoms with Crippen molar-refractivity contribution in [3.05, 3.63) is 59.4 Å². The maximum absolute atomic E-state index is 13.2. The van der Waals surface area contributed by atoms with Gasteiger partial charge in [0.05, 0.1) is 17.2 Å². The molecule has 2 aromatic rings. The molecule has 0 spiro atoms. The van der Waals surface area contributed by atoms with Crippen LogP contribution in [0, 0.1) is 17.1 Å². The van der Waals surface area contributed by atoms with E-state index in [1.54, 1.807) is 13.1 Å². The molecule has 108 valence electrons. The van der Waals surface area contributed by atoms with Crippen molar-refractivity contribution in [3.63, 3.8) is 0 Å². The molecule has 0 N–H and O–H groups in total. The fourth-order valence-corrected chi connectivity index (χ4v) is 1.91.